The summed E-state index contributed by atoms with van der Waals surface area (Å²) < 4.78 is 0. The highest BCUT2D eigenvalue weighted by molar-refractivity contribution is 6.43. The third-order valence-corrected chi connectivity index (χ3v) is 11.2. The highest BCUT2D eigenvalue weighted by atomic mass is 16.3. The Morgan fingerprint density at radius 2 is 0.980 bits per heavy atom. The monoisotopic (exact) mass is 678 g/mol. The number of benzene rings is 6. The number of carbonyl (C=O) groups is 4. The minimum atomic E-state index is -0.419. The average molecular weight is 679 g/mol. The van der Waals surface area contributed by atoms with Crippen LogP contribution in [0.5, 0.6) is 0 Å². The zero-order valence-electron chi connectivity index (χ0n) is 29.3. The minimum absolute atomic E-state index is 0.133. The summed E-state index contributed by atoms with van der Waals surface area (Å²) in [5.41, 5.74) is 2.98. The second-order valence-electron chi connectivity index (χ2n) is 14.2. The standard InChI is InChI=1S/C44H42N2O5/c1-3-5-7-9-13-27(14-10-8-6-4-2)45-41(48)33-20-16-29-31-18-22-35-40-36(44(51)46(43(35)50)28-15-11-12-26(24-28)25-47)23-19-32(38(31)40)30-17-21-34(42(45)49)39(33)37(29)30/h11-12,15-24,27,47H,3-10,13-14,25H2,1-2H3. The number of aliphatic hydroxyl groups excluding tert-OH is 1. The van der Waals surface area contributed by atoms with E-state index in [0.29, 0.717) is 44.3 Å². The number of fused-ring (bicyclic) bond motifs is 2. The van der Waals surface area contributed by atoms with Crippen LogP contribution in [0.1, 0.15) is 125 Å². The van der Waals surface area contributed by atoms with Crippen LogP contribution in [0.25, 0.3) is 43.1 Å². The Bertz CT molecular complexity index is 2260. The van der Waals surface area contributed by atoms with Crippen LogP contribution in [0.2, 0.25) is 0 Å². The van der Waals surface area contributed by atoms with Crippen molar-refractivity contribution >= 4 is 72.4 Å². The van der Waals surface area contributed by atoms with Gasteiger partial charge in [-0.1, -0.05) is 102 Å². The van der Waals surface area contributed by atoms with E-state index >= 15 is 0 Å². The molecule has 4 amide bonds. The number of anilines is 1. The Balaban J connectivity index is 1.26. The topological polar surface area (TPSA) is 95.0 Å². The maximum Gasteiger partial charge on any atom is 0.265 e. The predicted octanol–water partition coefficient (Wildman–Crippen LogP) is 9.94. The Morgan fingerprint density at radius 3 is 1.41 bits per heavy atom. The lowest BCUT2D eigenvalue weighted by atomic mass is 9.82. The van der Waals surface area contributed by atoms with E-state index in [2.05, 4.69) is 13.8 Å². The summed E-state index contributed by atoms with van der Waals surface area (Å²) in [6, 6.07) is 21.8. The van der Waals surface area contributed by atoms with Gasteiger partial charge in [0.25, 0.3) is 23.6 Å². The fourth-order valence-electron chi connectivity index (χ4n) is 8.66. The molecule has 0 saturated heterocycles. The predicted molar refractivity (Wildman–Crippen MR) is 203 cm³/mol. The molecule has 51 heavy (non-hydrogen) atoms. The lowest BCUT2D eigenvalue weighted by Crippen LogP contribution is -2.47. The van der Waals surface area contributed by atoms with E-state index in [1.165, 1.54) is 4.90 Å². The Labute approximate surface area is 297 Å². The van der Waals surface area contributed by atoms with E-state index < -0.39 is 11.8 Å². The molecule has 6 aromatic rings. The van der Waals surface area contributed by atoms with Crippen LogP contribution in [0, 0.1) is 0 Å². The number of carbonyl (C=O) groups excluding carboxylic acids is 4. The van der Waals surface area contributed by atoms with Gasteiger partial charge >= 0.3 is 0 Å². The van der Waals surface area contributed by atoms with Crippen LogP contribution >= 0.6 is 0 Å². The van der Waals surface area contributed by atoms with E-state index in [-0.39, 0.29) is 24.5 Å². The number of amides is 4. The minimum Gasteiger partial charge on any atom is -0.392 e. The third-order valence-electron chi connectivity index (χ3n) is 11.2. The quantitative estimate of drug-likeness (QED) is 0.0568. The molecule has 0 atom stereocenters. The molecule has 8 rings (SSSR count). The summed E-state index contributed by atoms with van der Waals surface area (Å²) in [4.78, 5) is 59.6. The molecule has 2 aliphatic rings. The second kappa shape index (κ2) is 13.2. The van der Waals surface area contributed by atoms with Gasteiger partial charge in [0.1, 0.15) is 0 Å². The van der Waals surface area contributed by atoms with Gasteiger partial charge in [0, 0.05) is 39.1 Å². The van der Waals surface area contributed by atoms with Crippen molar-refractivity contribution in [2.75, 3.05) is 4.90 Å². The maximum atomic E-state index is 14.4. The SMILES string of the molecule is CCCCCCC(CCCCCC)N1C(=O)c2ccc3c4ccc5c6c(ccc(c7ccc(c2c37)C1=O)c64)C(=O)N(c1cccc(CO)c1)C5=O. The lowest BCUT2D eigenvalue weighted by molar-refractivity contribution is 0.0516. The summed E-state index contributed by atoms with van der Waals surface area (Å²) in [6.07, 6.45) is 10.4. The molecule has 0 fully saturated rings. The van der Waals surface area contributed by atoms with Crippen LogP contribution in [0.15, 0.2) is 72.8 Å². The first-order valence-corrected chi connectivity index (χ1v) is 18.6. The summed E-state index contributed by atoms with van der Waals surface area (Å²) in [7, 11) is 0. The Hall–Kier alpha value is -5.14. The molecule has 0 bridgehead atoms. The van der Waals surface area contributed by atoms with Crippen LogP contribution in [0.3, 0.4) is 0 Å². The molecule has 258 valence electrons. The van der Waals surface area contributed by atoms with Gasteiger partial charge in [0.2, 0.25) is 0 Å². The lowest BCUT2D eigenvalue weighted by Gasteiger charge is -2.35. The van der Waals surface area contributed by atoms with Gasteiger partial charge in [-0.3, -0.25) is 24.1 Å². The van der Waals surface area contributed by atoms with Gasteiger partial charge in [-0.2, -0.15) is 0 Å². The van der Waals surface area contributed by atoms with Gasteiger partial charge < -0.3 is 5.11 Å². The fourth-order valence-corrected chi connectivity index (χ4v) is 8.66. The van der Waals surface area contributed by atoms with E-state index in [4.69, 9.17) is 0 Å². The number of rotatable bonds is 13. The van der Waals surface area contributed by atoms with Crippen molar-refractivity contribution in [1.29, 1.82) is 0 Å². The molecule has 0 radical (unpaired) electrons. The molecular weight excluding hydrogens is 636 g/mol. The molecular formula is C44H42N2O5. The number of nitrogens with zero attached hydrogens (tertiary/aromatic N) is 2. The van der Waals surface area contributed by atoms with Crippen molar-refractivity contribution in [3.8, 4) is 0 Å². The van der Waals surface area contributed by atoms with Crippen LogP contribution in [0.4, 0.5) is 5.69 Å². The Morgan fingerprint density at radius 1 is 0.529 bits per heavy atom. The first-order valence-electron chi connectivity index (χ1n) is 18.6. The van der Waals surface area contributed by atoms with E-state index in [1.54, 1.807) is 41.3 Å². The molecule has 0 spiro atoms. The van der Waals surface area contributed by atoms with Crippen molar-refractivity contribution in [1.82, 2.24) is 4.90 Å². The number of imide groups is 2. The fraction of sp³-hybridized carbons (Fsp3) is 0.318. The summed E-state index contributed by atoms with van der Waals surface area (Å²) >= 11 is 0. The van der Waals surface area contributed by atoms with Crippen molar-refractivity contribution < 1.29 is 24.3 Å². The van der Waals surface area contributed by atoms with Gasteiger partial charge in [0.15, 0.2) is 0 Å². The molecule has 2 heterocycles. The number of unbranched alkanes of at least 4 members (excludes halogenated alkanes) is 6. The zero-order chi connectivity index (χ0) is 35.4. The highest BCUT2D eigenvalue weighted by Crippen LogP contribution is 2.47. The average Bonchev–Trinajstić information content (AvgIpc) is 3.15. The first kappa shape index (κ1) is 33.0. The smallest absolute Gasteiger partial charge is 0.265 e. The van der Waals surface area contributed by atoms with Crippen molar-refractivity contribution in [2.45, 2.75) is 90.7 Å². The molecule has 0 unspecified atom stereocenters. The molecule has 6 aromatic carbocycles. The number of hydrogen-bond acceptors (Lipinski definition) is 5. The van der Waals surface area contributed by atoms with Crippen molar-refractivity contribution in [3.63, 3.8) is 0 Å². The van der Waals surface area contributed by atoms with Gasteiger partial charge in [-0.05, 0) is 87.1 Å². The molecule has 2 aliphatic heterocycles. The molecule has 0 aliphatic carbocycles. The summed E-state index contributed by atoms with van der Waals surface area (Å²) in [6.45, 7) is 4.17. The van der Waals surface area contributed by atoms with Gasteiger partial charge in [-0.15, -0.1) is 0 Å². The van der Waals surface area contributed by atoms with E-state index in [1.807, 2.05) is 36.4 Å². The summed E-state index contributed by atoms with van der Waals surface area (Å²) in [5, 5.41) is 16.2. The first-order chi connectivity index (χ1) is 24.9. The van der Waals surface area contributed by atoms with Crippen LogP contribution in [-0.2, 0) is 6.61 Å². The number of hydrogen-bond donors (Lipinski definition) is 1. The molecule has 7 nitrogen and oxygen atoms in total. The van der Waals surface area contributed by atoms with E-state index in [0.717, 1.165) is 96.5 Å². The maximum absolute atomic E-state index is 14.4. The number of aliphatic hydroxyl groups is 1. The highest BCUT2D eigenvalue weighted by Gasteiger charge is 2.39. The molecule has 0 saturated carbocycles. The van der Waals surface area contributed by atoms with Crippen LogP contribution < -0.4 is 4.90 Å². The van der Waals surface area contributed by atoms with E-state index in [9.17, 15) is 24.3 Å². The zero-order valence-corrected chi connectivity index (χ0v) is 29.3. The molecule has 1 N–H and O–H groups in total. The van der Waals surface area contributed by atoms with Gasteiger partial charge in [0.05, 0.1) is 12.3 Å². The normalized spacial score (nSPS) is 14.5. The van der Waals surface area contributed by atoms with Crippen molar-refractivity contribution in [2.24, 2.45) is 0 Å². The third kappa shape index (κ3) is 5.12. The molecule has 7 heteroatoms. The summed E-state index contributed by atoms with van der Waals surface area (Å²) in [5.74, 6) is -1.27. The second-order valence-corrected chi connectivity index (χ2v) is 14.2. The largest absolute Gasteiger partial charge is 0.392 e. The Kier molecular flexibility index (Phi) is 8.55. The molecule has 0 aromatic heterocycles. The van der Waals surface area contributed by atoms with Crippen LogP contribution in [-0.4, -0.2) is 39.7 Å². The van der Waals surface area contributed by atoms with Crippen molar-refractivity contribution in [3.05, 3.63) is 101 Å². The van der Waals surface area contributed by atoms with Gasteiger partial charge in [-0.25, -0.2) is 4.90 Å².